The van der Waals surface area contributed by atoms with Crippen LogP contribution < -0.4 is 5.32 Å². The number of hydrogen-bond acceptors (Lipinski definition) is 3. The van der Waals surface area contributed by atoms with E-state index in [1.54, 1.807) is 0 Å². The van der Waals surface area contributed by atoms with Crippen molar-refractivity contribution in [1.82, 2.24) is 5.32 Å². The fourth-order valence-corrected chi connectivity index (χ4v) is 0.250. The van der Waals surface area contributed by atoms with Gasteiger partial charge < -0.3 is 9.87 Å². The SMILES string of the molecule is CCNCC.O=S([O-])C(F)(F)F. The average molecular weight is 206 g/mol. The van der Waals surface area contributed by atoms with Crippen molar-refractivity contribution in [2.75, 3.05) is 13.1 Å². The molecule has 0 saturated heterocycles. The molecule has 3 nitrogen and oxygen atoms in total. The number of halogens is 3. The molecular formula is C5H11F3NO2S-. The highest BCUT2D eigenvalue weighted by atomic mass is 32.2. The molecule has 0 bridgehead atoms. The first-order valence-electron chi connectivity index (χ1n) is 3.23. The summed E-state index contributed by atoms with van der Waals surface area (Å²) in [6.07, 6.45) is 0. The van der Waals surface area contributed by atoms with Crippen molar-refractivity contribution in [2.45, 2.75) is 19.4 Å². The minimum Gasteiger partial charge on any atom is -0.766 e. The predicted octanol–water partition coefficient (Wildman–Crippen LogP) is 1.00. The van der Waals surface area contributed by atoms with Gasteiger partial charge in [-0.05, 0) is 13.1 Å². The van der Waals surface area contributed by atoms with Gasteiger partial charge in [0.2, 0.25) is 0 Å². The van der Waals surface area contributed by atoms with Crippen LogP contribution in [-0.2, 0) is 11.1 Å². The lowest BCUT2D eigenvalue weighted by atomic mass is 10.7. The van der Waals surface area contributed by atoms with Crippen LogP contribution >= 0.6 is 0 Å². The summed E-state index contributed by atoms with van der Waals surface area (Å²) in [5.74, 6) is 0. The highest BCUT2D eigenvalue weighted by Gasteiger charge is 2.28. The molecule has 1 unspecified atom stereocenters. The van der Waals surface area contributed by atoms with Crippen LogP contribution in [-0.4, -0.2) is 27.4 Å². The fourth-order valence-electron chi connectivity index (χ4n) is 0.250. The normalized spacial score (nSPS) is 13.2. The van der Waals surface area contributed by atoms with Crippen LogP contribution in [0.15, 0.2) is 0 Å². The minimum absolute atomic E-state index is 1.09. The van der Waals surface area contributed by atoms with Gasteiger partial charge in [0, 0.05) is 0 Å². The second-order valence-electron chi connectivity index (χ2n) is 1.64. The molecule has 12 heavy (non-hydrogen) atoms. The number of hydrogen-bond donors (Lipinski definition) is 1. The van der Waals surface area contributed by atoms with Crippen molar-refractivity contribution in [2.24, 2.45) is 0 Å². The molecule has 1 atom stereocenters. The number of nitrogens with one attached hydrogen (secondary N) is 1. The Bertz CT molecular complexity index is 126. The molecule has 0 aromatic heterocycles. The summed E-state index contributed by atoms with van der Waals surface area (Å²) in [6, 6.07) is 0. The van der Waals surface area contributed by atoms with Crippen LogP contribution in [0.2, 0.25) is 0 Å². The van der Waals surface area contributed by atoms with E-state index in [9.17, 15) is 13.2 Å². The van der Waals surface area contributed by atoms with E-state index in [1.807, 2.05) is 0 Å². The molecule has 0 aromatic rings. The van der Waals surface area contributed by atoms with Crippen molar-refractivity contribution < 1.29 is 21.9 Å². The Hall–Kier alpha value is -0.140. The molecule has 0 amide bonds. The van der Waals surface area contributed by atoms with Gasteiger partial charge >= 0.3 is 5.51 Å². The Morgan fingerprint density at radius 3 is 1.58 bits per heavy atom. The van der Waals surface area contributed by atoms with E-state index in [1.165, 1.54) is 0 Å². The standard InChI is InChI=1S/C4H11N.CHF3O2S/c1-3-5-4-2;2-1(3,4)7(5)6/h5H,3-4H2,1-2H3;(H,5,6)/p-1. The lowest BCUT2D eigenvalue weighted by Crippen LogP contribution is -2.14. The van der Waals surface area contributed by atoms with Crippen molar-refractivity contribution in [3.63, 3.8) is 0 Å². The molecule has 0 aliphatic carbocycles. The summed E-state index contributed by atoms with van der Waals surface area (Å²) in [5, 5.41) is 3.11. The average Bonchev–Trinajstić information content (AvgIpc) is 1.88. The van der Waals surface area contributed by atoms with E-state index in [2.05, 4.69) is 19.2 Å². The monoisotopic (exact) mass is 206 g/mol. The molecule has 0 fully saturated rings. The Balaban J connectivity index is 0. The topological polar surface area (TPSA) is 52.2 Å². The lowest BCUT2D eigenvalue weighted by molar-refractivity contribution is -0.0452. The second kappa shape index (κ2) is 7.51. The molecule has 7 heteroatoms. The molecular weight excluding hydrogens is 195 g/mol. The van der Waals surface area contributed by atoms with E-state index in [-0.39, 0.29) is 0 Å². The van der Waals surface area contributed by atoms with E-state index in [4.69, 9.17) is 8.76 Å². The van der Waals surface area contributed by atoms with Gasteiger partial charge in [0.15, 0.2) is 0 Å². The van der Waals surface area contributed by atoms with Gasteiger partial charge in [-0.15, -0.1) is 0 Å². The third kappa shape index (κ3) is 12.5. The Kier molecular flexibility index (Phi) is 9.00. The fraction of sp³-hybridized carbons (Fsp3) is 1.00. The van der Waals surface area contributed by atoms with E-state index in [0.29, 0.717) is 0 Å². The van der Waals surface area contributed by atoms with Crippen LogP contribution in [0.4, 0.5) is 13.2 Å². The Labute approximate surface area is 71.6 Å². The summed E-state index contributed by atoms with van der Waals surface area (Å²) in [5.41, 5.74) is -5.08. The summed E-state index contributed by atoms with van der Waals surface area (Å²) < 4.78 is 49.5. The Morgan fingerprint density at radius 2 is 1.58 bits per heavy atom. The zero-order valence-corrected chi connectivity index (χ0v) is 7.59. The van der Waals surface area contributed by atoms with Gasteiger partial charge in [-0.25, -0.2) is 0 Å². The first-order valence-corrected chi connectivity index (χ1v) is 4.30. The molecule has 0 rings (SSSR count). The molecule has 0 radical (unpaired) electrons. The molecule has 0 aliphatic heterocycles. The highest BCUT2D eigenvalue weighted by Crippen LogP contribution is 2.16. The maximum Gasteiger partial charge on any atom is 0.458 e. The summed E-state index contributed by atoms with van der Waals surface area (Å²) in [6.45, 7) is 6.39. The molecule has 0 aliphatic rings. The number of rotatable bonds is 2. The molecule has 0 spiro atoms. The maximum atomic E-state index is 10.6. The summed E-state index contributed by atoms with van der Waals surface area (Å²) >= 11 is -3.93. The first kappa shape index (κ1) is 14.4. The summed E-state index contributed by atoms with van der Waals surface area (Å²) in [7, 11) is 0. The van der Waals surface area contributed by atoms with Crippen LogP contribution in [0, 0.1) is 0 Å². The third-order valence-corrected chi connectivity index (χ3v) is 1.07. The quantitative estimate of drug-likeness (QED) is 0.686. The van der Waals surface area contributed by atoms with E-state index in [0.717, 1.165) is 13.1 Å². The smallest absolute Gasteiger partial charge is 0.458 e. The first-order chi connectivity index (χ1) is 5.36. The van der Waals surface area contributed by atoms with Gasteiger partial charge in [-0.1, -0.05) is 13.8 Å². The molecule has 0 saturated carbocycles. The van der Waals surface area contributed by atoms with Gasteiger partial charge in [0.1, 0.15) is 0 Å². The van der Waals surface area contributed by atoms with E-state index < -0.39 is 16.6 Å². The van der Waals surface area contributed by atoms with Crippen molar-refractivity contribution >= 4 is 11.1 Å². The number of alkyl halides is 3. The lowest BCUT2D eigenvalue weighted by Gasteiger charge is -2.06. The predicted molar refractivity (Wildman–Crippen MR) is 39.2 cm³/mol. The molecule has 76 valence electrons. The van der Waals surface area contributed by atoms with E-state index >= 15 is 0 Å². The third-order valence-electron chi connectivity index (χ3n) is 0.689. The van der Waals surface area contributed by atoms with Crippen molar-refractivity contribution in [3.05, 3.63) is 0 Å². The van der Waals surface area contributed by atoms with Crippen molar-refractivity contribution in [1.29, 1.82) is 0 Å². The van der Waals surface area contributed by atoms with Gasteiger partial charge in [-0.2, -0.15) is 13.2 Å². The largest absolute Gasteiger partial charge is 0.766 e. The van der Waals surface area contributed by atoms with Crippen LogP contribution in [0.25, 0.3) is 0 Å². The van der Waals surface area contributed by atoms with Gasteiger partial charge in [0.25, 0.3) is 0 Å². The van der Waals surface area contributed by atoms with Crippen LogP contribution in [0.5, 0.6) is 0 Å². The molecule has 0 heterocycles. The zero-order valence-electron chi connectivity index (χ0n) is 6.77. The summed E-state index contributed by atoms with van der Waals surface area (Å²) in [4.78, 5) is 0. The van der Waals surface area contributed by atoms with Crippen LogP contribution in [0.3, 0.4) is 0 Å². The molecule has 0 aromatic carbocycles. The minimum atomic E-state index is -5.08. The van der Waals surface area contributed by atoms with Crippen LogP contribution in [0.1, 0.15) is 13.8 Å². The highest BCUT2D eigenvalue weighted by molar-refractivity contribution is 7.80. The van der Waals surface area contributed by atoms with Crippen molar-refractivity contribution in [3.8, 4) is 0 Å². The van der Waals surface area contributed by atoms with Gasteiger partial charge in [-0.3, -0.25) is 4.21 Å². The second-order valence-corrected chi connectivity index (χ2v) is 2.57. The zero-order chi connectivity index (χ0) is 10.2. The van der Waals surface area contributed by atoms with Gasteiger partial charge in [0.05, 0.1) is 11.1 Å². The maximum absolute atomic E-state index is 10.6. The molecule has 1 N–H and O–H groups in total. The Morgan fingerprint density at radius 1 is 1.33 bits per heavy atom.